The molecule has 0 aliphatic heterocycles. The van der Waals surface area contributed by atoms with Crippen molar-refractivity contribution in [1.82, 2.24) is 0 Å². The molecule has 0 amide bonds. The monoisotopic (exact) mass is 281 g/mol. The molecule has 0 radical (unpaired) electrons. The number of allylic oxidation sites excluding steroid dienone is 1. The highest BCUT2D eigenvalue weighted by atomic mass is 14.6. The van der Waals surface area contributed by atoms with Gasteiger partial charge in [-0.25, -0.2) is 4.85 Å². The van der Waals surface area contributed by atoms with E-state index in [9.17, 15) is 0 Å². The first kappa shape index (κ1) is 15.8. The Morgan fingerprint density at radius 1 is 1.05 bits per heavy atom. The van der Waals surface area contributed by atoms with Crippen LogP contribution in [0.5, 0.6) is 0 Å². The smallest absolute Gasteiger partial charge is 0.187 e. The molecule has 1 aliphatic rings. The molecule has 0 N–H and O–H groups in total. The van der Waals surface area contributed by atoms with Gasteiger partial charge in [0.15, 0.2) is 5.69 Å². The largest absolute Gasteiger partial charge is 0.238 e. The van der Waals surface area contributed by atoms with Gasteiger partial charge in [-0.1, -0.05) is 49.6 Å². The van der Waals surface area contributed by atoms with Gasteiger partial charge in [-0.2, -0.15) is 0 Å². The molecule has 21 heavy (non-hydrogen) atoms. The van der Waals surface area contributed by atoms with E-state index in [2.05, 4.69) is 23.6 Å². The van der Waals surface area contributed by atoms with Crippen LogP contribution in [-0.2, 0) is 0 Å². The van der Waals surface area contributed by atoms with Crippen molar-refractivity contribution in [3.8, 4) is 0 Å². The van der Waals surface area contributed by atoms with Gasteiger partial charge in [-0.3, -0.25) is 0 Å². The van der Waals surface area contributed by atoms with Gasteiger partial charge in [-0.15, -0.1) is 6.58 Å². The minimum absolute atomic E-state index is 0.724. The first-order valence-corrected chi connectivity index (χ1v) is 8.41. The van der Waals surface area contributed by atoms with Crippen molar-refractivity contribution in [3.05, 3.63) is 53.9 Å². The summed E-state index contributed by atoms with van der Waals surface area (Å²) in [6.45, 7) is 10.8. The van der Waals surface area contributed by atoms with Crippen molar-refractivity contribution in [2.75, 3.05) is 0 Å². The molecular formula is C20H27N. The summed E-state index contributed by atoms with van der Waals surface area (Å²) in [7, 11) is 0. The molecule has 112 valence electrons. The second-order valence-electron chi connectivity index (χ2n) is 6.35. The lowest BCUT2D eigenvalue weighted by atomic mass is 9.77. The van der Waals surface area contributed by atoms with Crippen LogP contribution in [0, 0.1) is 12.5 Å². The molecule has 1 aliphatic carbocycles. The molecule has 0 atom stereocenters. The van der Waals surface area contributed by atoms with Crippen LogP contribution in [0.3, 0.4) is 0 Å². The van der Waals surface area contributed by atoms with E-state index >= 15 is 0 Å². The normalized spacial score (nSPS) is 21.7. The number of rotatable bonds is 7. The third-order valence-corrected chi connectivity index (χ3v) is 4.86. The number of nitrogens with zero attached hydrogens (tertiary/aromatic N) is 1. The average Bonchev–Trinajstić information content (AvgIpc) is 2.55. The number of hydrogen-bond donors (Lipinski definition) is 0. The zero-order chi connectivity index (χ0) is 14.9. The van der Waals surface area contributed by atoms with E-state index in [-0.39, 0.29) is 0 Å². The van der Waals surface area contributed by atoms with Crippen molar-refractivity contribution in [2.45, 2.75) is 63.7 Å². The Hall–Kier alpha value is -1.55. The average molecular weight is 281 g/mol. The zero-order valence-electron chi connectivity index (χ0n) is 13.1. The maximum absolute atomic E-state index is 7.01. The Kier molecular flexibility index (Phi) is 6.54. The fourth-order valence-electron chi connectivity index (χ4n) is 3.50. The summed E-state index contributed by atoms with van der Waals surface area (Å²) < 4.78 is 0. The molecule has 1 aromatic rings. The SMILES string of the molecule is [C-]#[N+]c1ccc(C2CCC(CCCCCC=C)CC2)cc1. The Labute approximate surface area is 129 Å². The van der Waals surface area contributed by atoms with Crippen molar-refractivity contribution < 1.29 is 0 Å². The predicted molar refractivity (Wildman–Crippen MR) is 90.7 cm³/mol. The minimum atomic E-state index is 0.724. The molecule has 1 fully saturated rings. The molecule has 1 nitrogen and oxygen atoms in total. The van der Waals surface area contributed by atoms with Crippen LogP contribution in [-0.4, -0.2) is 0 Å². The molecular weight excluding hydrogens is 254 g/mol. The van der Waals surface area contributed by atoms with Crippen molar-refractivity contribution >= 4 is 5.69 Å². The van der Waals surface area contributed by atoms with Crippen molar-refractivity contribution in [2.24, 2.45) is 5.92 Å². The summed E-state index contributed by atoms with van der Waals surface area (Å²) >= 11 is 0. The van der Waals surface area contributed by atoms with E-state index in [1.54, 1.807) is 0 Å². The van der Waals surface area contributed by atoms with E-state index in [0.29, 0.717) is 0 Å². The van der Waals surface area contributed by atoms with Crippen LogP contribution in [0.25, 0.3) is 4.85 Å². The van der Waals surface area contributed by atoms with Crippen LogP contribution in [0.1, 0.15) is 69.3 Å². The Morgan fingerprint density at radius 2 is 1.76 bits per heavy atom. The van der Waals surface area contributed by atoms with Crippen LogP contribution in [0.4, 0.5) is 5.69 Å². The molecule has 0 bridgehead atoms. The third-order valence-electron chi connectivity index (χ3n) is 4.86. The maximum atomic E-state index is 7.01. The van der Waals surface area contributed by atoms with E-state index in [1.165, 1.54) is 63.4 Å². The molecule has 2 rings (SSSR count). The highest BCUT2D eigenvalue weighted by Gasteiger charge is 2.21. The molecule has 0 heterocycles. The summed E-state index contributed by atoms with van der Waals surface area (Å²) in [6, 6.07) is 8.25. The standard InChI is InChI=1S/C20H27N/c1-3-4-5-6-7-8-17-9-11-18(12-10-17)19-13-15-20(21-2)16-14-19/h3,13-18H,1,4-12H2. The second kappa shape index (κ2) is 8.67. The fraction of sp³-hybridized carbons (Fsp3) is 0.550. The first-order chi connectivity index (χ1) is 10.3. The Bertz CT molecular complexity index is 458. The summed E-state index contributed by atoms with van der Waals surface area (Å²) in [6.07, 6.45) is 14.1. The first-order valence-electron chi connectivity index (χ1n) is 8.41. The number of unbranched alkanes of at least 4 members (excludes halogenated alkanes) is 3. The van der Waals surface area contributed by atoms with Gasteiger partial charge < -0.3 is 0 Å². The topological polar surface area (TPSA) is 4.36 Å². The number of hydrogen-bond acceptors (Lipinski definition) is 0. The van der Waals surface area contributed by atoms with Gasteiger partial charge in [0.2, 0.25) is 0 Å². The molecule has 1 aromatic carbocycles. The van der Waals surface area contributed by atoms with Crippen LogP contribution in [0.15, 0.2) is 36.9 Å². The zero-order valence-corrected chi connectivity index (χ0v) is 13.1. The molecule has 0 saturated heterocycles. The minimum Gasteiger partial charge on any atom is -0.238 e. The van der Waals surface area contributed by atoms with Crippen molar-refractivity contribution in [1.29, 1.82) is 0 Å². The van der Waals surface area contributed by atoms with Gasteiger partial charge in [0.25, 0.3) is 0 Å². The molecule has 0 spiro atoms. The van der Waals surface area contributed by atoms with Gasteiger partial charge in [0.05, 0.1) is 6.57 Å². The Morgan fingerprint density at radius 3 is 2.38 bits per heavy atom. The summed E-state index contributed by atoms with van der Waals surface area (Å²) in [5.74, 6) is 1.68. The van der Waals surface area contributed by atoms with E-state index in [4.69, 9.17) is 6.57 Å². The van der Waals surface area contributed by atoms with Crippen molar-refractivity contribution in [3.63, 3.8) is 0 Å². The predicted octanol–water partition coefficient (Wildman–Crippen LogP) is 6.65. The lowest BCUT2D eigenvalue weighted by Crippen LogP contribution is -2.13. The lowest BCUT2D eigenvalue weighted by Gasteiger charge is -2.29. The number of benzene rings is 1. The van der Waals surface area contributed by atoms with E-state index < -0.39 is 0 Å². The second-order valence-corrected chi connectivity index (χ2v) is 6.35. The van der Waals surface area contributed by atoms with Gasteiger partial charge in [0, 0.05) is 0 Å². The van der Waals surface area contributed by atoms with Gasteiger partial charge in [0.1, 0.15) is 0 Å². The maximum Gasteiger partial charge on any atom is 0.187 e. The van der Waals surface area contributed by atoms with E-state index in [1.807, 2.05) is 18.2 Å². The Balaban J connectivity index is 1.70. The van der Waals surface area contributed by atoms with Crippen LogP contribution >= 0.6 is 0 Å². The fourth-order valence-corrected chi connectivity index (χ4v) is 3.50. The van der Waals surface area contributed by atoms with Gasteiger partial charge >= 0.3 is 0 Å². The summed E-state index contributed by atoms with van der Waals surface area (Å²) in [5.41, 5.74) is 2.19. The molecule has 0 unspecified atom stereocenters. The molecule has 1 heteroatoms. The molecule has 0 aromatic heterocycles. The summed E-state index contributed by atoms with van der Waals surface area (Å²) in [5, 5.41) is 0. The molecule has 1 saturated carbocycles. The highest BCUT2D eigenvalue weighted by Crippen LogP contribution is 2.38. The lowest BCUT2D eigenvalue weighted by molar-refractivity contribution is 0.302. The highest BCUT2D eigenvalue weighted by molar-refractivity contribution is 5.45. The summed E-state index contributed by atoms with van der Waals surface area (Å²) in [4.78, 5) is 3.47. The van der Waals surface area contributed by atoms with Crippen LogP contribution in [0.2, 0.25) is 0 Å². The van der Waals surface area contributed by atoms with Crippen LogP contribution < -0.4 is 0 Å². The quantitative estimate of drug-likeness (QED) is 0.299. The van der Waals surface area contributed by atoms with E-state index in [0.717, 1.165) is 17.5 Å². The third kappa shape index (κ3) is 5.05. The van der Waals surface area contributed by atoms with Gasteiger partial charge in [-0.05, 0) is 55.9 Å².